The molecule has 5 rings (SSSR count). The average Bonchev–Trinajstić information content (AvgIpc) is 3.65. The van der Waals surface area contributed by atoms with Crippen LogP contribution in [0.4, 0.5) is 0 Å². The first-order chi connectivity index (χ1) is 14.1. The molecule has 0 aromatic heterocycles. The molecule has 1 aliphatic heterocycles. The van der Waals surface area contributed by atoms with Gasteiger partial charge in [0.15, 0.2) is 0 Å². The predicted octanol–water partition coefficient (Wildman–Crippen LogP) is 2.04. The zero-order chi connectivity index (χ0) is 20.0. The molecule has 1 N–H and O–H groups in total. The Labute approximate surface area is 173 Å². The van der Waals surface area contributed by atoms with E-state index in [2.05, 4.69) is 5.32 Å². The summed E-state index contributed by atoms with van der Waals surface area (Å²) in [5, 5.41) is 3.00. The first-order valence-corrected chi connectivity index (χ1v) is 12.0. The maximum Gasteiger partial charge on any atom is 0.226 e. The molecule has 5 fully saturated rings. The second-order valence-corrected chi connectivity index (χ2v) is 10.0. The molecule has 6 nitrogen and oxygen atoms in total. The molecule has 3 amide bonds. The van der Waals surface area contributed by atoms with Gasteiger partial charge in [0.2, 0.25) is 17.7 Å². The quantitative estimate of drug-likeness (QED) is 0.766. The Morgan fingerprint density at radius 1 is 0.690 bits per heavy atom. The maximum atomic E-state index is 12.8. The minimum absolute atomic E-state index is 0.103. The molecule has 4 aliphatic carbocycles. The van der Waals surface area contributed by atoms with Crippen LogP contribution in [0.3, 0.4) is 0 Å². The summed E-state index contributed by atoms with van der Waals surface area (Å²) in [6.45, 7) is 3.04. The van der Waals surface area contributed by atoms with Crippen molar-refractivity contribution in [2.75, 3.05) is 32.7 Å². The lowest BCUT2D eigenvalue weighted by Gasteiger charge is -2.35. The summed E-state index contributed by atoms with van der Waals surface area (Å²) in [5.74, 6) is 3.62. The van der Waals surface area contributed by atoms with Gasteiger partial charge in [-0.05, 0) is 49.4 Å². The molecule has 4 saturated carbocycles. The molecule has 0 radical (unpaired) electrons. The highest BCUT2D eigenvalue weighted by Gasteiger charge is 2.56. The van der Waals surface area contributed by atoms with E-state index in [1.165, 1.54) is 51.4 Å². The molecule has 4 atom stereocenters. The van der Waals surface area contributed by atoms with Crippen molar-refractivity contribution in [3.05, 3.63) is 0 Å². The number of nitrogens with one attached hydrogen (secondary N) is 1. The van der Waals surface area contributed by atoms with Crippen LogP contribution in [0.1, 0.15) is 57.8 Å². The second-order valence-electron chi connectivity index (χ2n) is 10.0. The average molecular weight is 402 g/mol. The van der Waals surface area contributed by atoms with E-state index in [1.807, 2.05) is 9.80 Å². The lowest BCUT2D eigenvalue weighted by Crippen LogP contribution is -2.51. The number of piperazine rings is 1. The van der Waals surface area contributed by atoms with Gasteiger partial charge in [-0.2, -0.15) is 0 Å². The largest absolute Gasteiger partial charge is 0.355 e. The van der Waals surface area contributed by atoms with Gasteiger partial charge in [-0.25, -0.2) is 0 Å². The van der Waals surface area contributed by atoms with E-state index in [4.69, 9.17) is 0 Å². The van der Waals surface area contributed by atoms with Gasteiger partial charge in [0.25, 0.3) is 0 Å². The molecule has 0 aromatic carbocycles. The number of rotatable bonds is 5. The van der Waals surface area contributed by atoms with Crippen LogP contribution < -0.4 is 5.32 Å². The van der Waals surface area contributed by atoms with E-state index in [0.29, 0.717) is 68.7 Å². The summed E-state index contributed by atoms with van der Waals surface area (Å²) < 4.78 is 0. The minimum Gasteiger partial charge on any atom is -0.355 e. The third-order valence-electron chi connectivity index (χ3n) is 8.48. The summed E-state index contributed by atoms with van der Waals surface area (Å²) in [6, 6.07) is 0. The summed E-state index contributed by atoms with van der Waals surface area (Å²) in [4.78, 5) is 41.5. The first-order valence-electron chi connectivity index (χ1n) is 12.0. The predicted molar refractivity (Wildman–Crippen MR) is 109 cm³/mol. The standard InChI is InChI=1S/C23H35N3O3/c27-19(9-10-24-22(28)20-15-5-1-2-6-16(15)20)25-11-13-26(14-12-25)23(29)21-17-7-3-4-8-18(17)21/h15-18,20-21H,1-14H2,(H,24,28). The molecule has 6 heteroatoms. The van der Waals surface area contributed by atoms with E-state index in [-0.39, 0.29) is 23.7 Å². The van der Waals surface area contributed by atoms with Crippen molar-refractivity contribution in [3.8, 4) is 0 Å². The number of nitrogens with zero attached hydrogens (tertiary/aromatic N) is 2. The minimum atomic E-state index is 0.103. The zero-order valence-corrected chi connectivity index (χ0v) is 17.5. The third-order valence-corrected chi connectivity index (χ3v) is 8.48. The van der Waals surface area contributed by atoms with Crippen LogP contribution in [0.2, 0.25) is 0 Å². The third kappa shape index (κ3) is 3.79. The maximum absolute atomic E-state index is 12.8. The highest BCUT2D eigenvalue weighted by molar-refractivity contribution is 5.84. The lowest BCUT2D eigenvalue weighted by molar-refractivity contribution is -0.140. The number of fused-ring (bicyclic) bond motifs is 2. The van der Waals surface area contributed by atoms with Gasteiger partial charge in [0.05, 0.1) is 0 Å². The van der Waals surface area contributed by atoms with Crippen molar-refractivity contribution in [3.63, 3.8) is 0 Å². The molecular formula is C23H35N3O3. The molecule has 4 unspecified atom stereocenters. The van der Waals surface area contributed by atoms with Gasteiger partial charge >= 0.3 is 0 Å². The Kier molecular flexibility index (Phi) is 5.29. The van der Waals surface area contributed by atoms with Crippen molar-refractivity contribution < 1.29 is 14.4 Å². The SMILES string of the molecule is O=C(NCCC(=O)N1CCN(C(=O)C2C3CCCCC32)CC1)C1C2CCCCC21. The molecule has 5 aliphatic rings. The summed E-state index contributed by atoms with van der Waals surface area (Å²) in [6.07, 6.45) is 10.3. The van der Waals surface area contributed by atoms with E-state index in [1.54, 1.807) is 0 Å². The summed E-state index contributed by atoms with van der Waals surface area (Å²) >= 11 is 0. The first kappa shape index (κ1) is 19.4. The van der Waals surface area contributed by atoms with Crippen LogP contribution in [0.25, 0.3) is 0 Å². The van der Waals surface area contributed by atoms with Crippen molar-refractivity contribution in [2.24, 2.45) is 35.5 Å². The number of carbonyl (C=O) groups excluding carboxylic acids is 3. The van der Waals surface area contributed by atoms with Crippen LogP contribution >= 0.6 is 0 Å². The summed E-state index contributed by atoms with van der Waals surface area (Å²) in [7, 11) is 0. The molecule has 0 bridgehead atoms. The zero-order valence-electron chi connectivity index (χ0n) is 17.5. The van der Waals surface area contributed by atoms with Crippen LogP contribution in [-0.2, 0) is 14.4 Å². The lowest BCUT2D eigenvalue weighted by atomic mass is 10.0. The van der Waals surface area contributed by atoms with Crippen LogP contribution in [-0.4, -0.2) is 60.2 Å². The van der Waals surface area contributed by atoms with Crippen molar-refractivity contribution >= 4 is 17.7 Å². The number of amides is 3. The highest BCUT2D eigenvalue weighted by Crippen LogP contribution is 2.56. The fourth-order valence-electron chi connectivity index (χ4n) is 6.70. The Balaban J connectivity index is 1.00. The number of hydrogen-bond donors (Lipinski definition) is 1. The Bertz CT molecular complexity index is 648. The molecule has 0 spiro atoms. The smallest absolute Gasteiger partial charge is 0.226 e. The van der Waals surface area contributed by atoms with Gasteiger partial charge in [0, 0.05) is 51.0 Å². The fourth-order valence-corrected chi connectivity index (χ4v) is 6.70. The van der Waals surface area contributed by atoms with Gasteiger partial charge in [-0.3, -0.25) is 14.4 Å². The van der Waals surface area contributed by atoms with Crippen molar-refractivity contribution in [1.29, 1.82) is 0 Å². The Morgan fingerprint density at radius 3 is 1.72 bits per heavy atom. The fraction of sp³-hybridized carbons (Fsp3) is 0.870. The molecule has 0 aromatic rings. The normalized spacial score (nSPS) is 37.9. The molecule has 29 heavy (non-hydrogen) atoms. The molecule has 160 valence electrons. The van der Waals surface area contributed by atoms with E-state index < -0.39 is 0 Å². The van der Waals surface area contributed by atoms with Crippen LogP contribution in [0, 0.1) is 35.5 Å². The van der Waals surface area contributed by atoms with Crippen LogP contribution in [0.5, 0.6) is 0 Å². The topological polar surface area (TPSA) is 69.7 Å². The number of hydrogen-bond acceptors (Lipinski definition) is 3. The van der Waals surface area contributed by atoms with E-state index in [9.17, 15) is 14.4 Å². The Hall–Kier alpha value is -1.59. The van der Waals surface area contributed by atoms with Gasteiger partial charge < -0.3 is 15.1 Å². The van der Waals surface area contributed by atoms with Crippen molar-refractivity contribution in [1.82, 2.24) is 15.1 Å². The monoisotopic (exact) mass is 401 g/mol. The van der Waals surface area contributed by atoms with Crippen LogP contribution in [0.15, 0.2) is 0 Å². The molecule has 1 heterocycles. The number of carbonyl (C=O) groups is 3. The highest BCUT2D eigenvalue weighted by atomic mass is 16.2. The molecular weight excluding hydrogens is 366 g/mol. The van der Waals surface area contributed by atoms with Gasteiger partial charge in [-0.1, -0.05) is 25.7 Å². The van der Waals surface area contributed by atoms with Crippen molar-refractivity contribution in [2.45, 2.75) is 57.8 Å². The van der Waals surface area contributed by atoms with E-state index >= 15 is 0 Å². The van der Waals surface area contributed by atoms with Gasteiger partial charge in [0.1, 0.15) is 0 Å². The summed E-state index contributed by atoms with van der Waals surface area (Å²) in [5.41, 5.74) is 0. The molecule has 1 saturated heterocycles. The Morgan fingerprint density at radius 2 is 1.17 bits per heavy atom. The van der Waals surface area contributed by atoms with Gasteiger partial charge in [-0.15, -0.1) is 0 Å². The van der Waals surface area contributed by atoms with E-state index in [0.717, 1.165) is 0 Å². The second kappa shape index (κ2) is 7.92.